The van der Waals surface area contributed by atoms with Gasteiger partial charge in [-0.3, -0.25) is 5.32 Å². The molecule has 2 amide bonds. The van der Waals surface area contributed by atoms with E-state index >= 15 is 0 Å². The molecule has 0 spiro atoms. The summed E-state index contributed by atoms with van der Waals surface area (Å²) in [4.78, 5) is 24.2. The topological polar surface area (TPSA) is 97.6 Å². The van der Waals surface area contributed by atoms with Crippen LogP contribution >= 0.6 is 0 Å². The van der Waals surface area contributed by atoms with Crippen LogP contribution in [0.2, 0.25) is 0 Å². The summed E-state index contributed by atoms with van der Waals surface area (Å²) in [5.74, 6) is 0.891. The normalized spacial score (nSPS) is 10.6. The van der Waals surface area contributed by atoms with E-state index in [4.69, 9.17) is 0 Å². The Morgan fingerprint density at radius 2 is 1.92 bits per heavy atom. The zero-order valence-electron chi connectivity index (χ0n) is 13.7. The Morgan fingerprint density at radius 1 is 1.04 bits per heavy atom. The summed E-state index contributed by atoms with van der Waals surface area (Å²) in [6, 6.07) is 15.4. The van der Waals surface area contributed by atoms with Crippen molar-refractivity contribution < 1.29 is 4.79 Å². The zero-order valence-corrected chi connectivity index (χ0v) is 13.7. The van der Waals surface area contributed by atoms with E-state index in [1.165, 1.54) is 23.7 Å². The highest BCUT2D eigenvalue weighted by Crippen LogP contribution is 2.18. The first-order valence-electron chi connectivity index (χ1n) is 7.98. The second-order valence-corrected chi connectivity index (χ2v) is 5.55. The number of aromatic nitrogens is 5. The lowest BCUT2D eigenvalue weighted by Crippen LogP contribution is -2.28. The van der Waals surface area contributed by atoms with Gasteiger partial charge in [-0.15, -0.1) is 0 Å². The van der Waals surface area contributed by atoms with Gasteiger partial charge < -0.3 is 5.32 Å². The van der Waals surface area contributed by atoms with Gasteiger partial charge in [0.1, 0.15) is 24.8 Å². The molecule has 8 heteroatoms. The molecule has 26 heavy (non-hydrogen) atoms. The zero-order chi connectivity index (χ0) is 17.8. The highest BCUT2D eigenvalue weighted by Gasteiger charge is 2.07. The largest absolute Gasteiger partial charge is 0.334 e. The summed E-state index contributed by atoms with van der Waals surface area (Å²) in [5.41, 5.74) is 1.05. The first kappa shape index (κ1) is 15.7. The Bertz CT molecular complexity index is 1040. The SMILES string of the molecule is O=C(NCc1cccc2ccccc12)Nc1cc(-n2cncn2)ncn1. The summed E-state index contributed by atoms with van der Waals surface area (Å²) in [6.07, 6.45) is 4.29. The number of hydrogen-bond acceptors (Lipinski definition) is 5. The Balaban J connectivity index is 1.44. The van der Waals surface area contributed by atoms with E-state index in [1.54, 1.807) is 6.07 Å². The minimum Gasteiger partial charge on any atom is -0.334 e. The smallest absolute Gasteiger partial charge is 0.320 e. The highest BCUT2D eigenvalue weighted by atomic mass is 16.2. The molecule has 0 radical (unpaired) electrons. The molecule has 2 aromatic carbocycles. The van der Waals surface area contributed by atoms with Crippen LogP contribution in [-0.4, -0.2) is 30.8 Å². The number of amides is 2. The van der Waals surface area contributed by atoms with Crippen molar-refractivity contribution in [2.24, 2.45) is 0 Å². The number of nitrogens with one attached hydrogen (secondary N) is 2. The Morgan fingerprint density at radius 3 is 2.81 bits per heavy atom. The number of benzene rings is 2. The molecular weight excluding hydrogens is 330 g/mol. The maximum absolute atomic E-state index is 12.2. The number of fused-ring (bicyclic) bond motifs is 1. The molecule has 0 saturated carbocycles. The quantitative estimate of drug-likeness (QED) is 0.592. The van der Waals surface area contributed by atoms with E-state index in [1.807, 2.05) is 42.5 Å². The van der Waals surface area contributed by atoms with Crippen LogP contribution in [-0.2, 0) is 6.54 Å². The fourth-order valence-corrected chi connectivity index (χ4v) is 2.65. The van der Waals surface area contributed by atoms with Gasteiger partial charge in [0.15, 0.2) is 5.82 Å². The van der Waals surface area contributed by atoms with Gasteiger partial charge in [0, 0.05) is 12.6 Å². The number of rotatable bonds is 4. The van der Waals surface area contributed by atoms with Crippen molar-refractivity contribution in [2.75, 3.05) is 5.32 Å². The van der Waals surface area contributed by atoms with Crippen LogP contribution in [0.25, 0.3) is 16.6 Å². The summed E-state index contributed by atoms with van der Waals surface area (Å²) < 4.78 is 1.49. The summed E-state index contributed by atoms with van der Waals surface area (Å²) in [5, 5.41) is 11.8. The molecule has 2 N–H and O–H groups in total. The molecule has 0 aliphatic heterocycles. The van der Waals surface area contributed by atoms with Gasteiger partial charge in [-0.2, -0.15) is 5.10 Å². The van der Waals surface area contributed by atoms with E-state index < -0.39 is 0 Å². The number of hydrogen-bond donors (Lipinski definition) is 2. The molecule has 0 saturated heterocycles. The molecule has 128 valence electrons. The molecule has 0 unspecified atom stereocenters. The third kappa shape index (κ3) is 3.34. The van der Waals surface area contributed by atoms with Crippen molar-refractivity contribution in [1.82, 2.24) is 30.0 Å². The van der Waals surface area contributed by atoms with Crippen molar-refractivity contribution in [3.63, 3.8) is 0 Å². The molecule has 2 aromatic heterocycles. The minimum absolute atomic E-state index is 0.346. The van der Waals surface area contributed by atoms with Gasteiger partial charge in [-0.1, -0.05) is 42.5 Å². The number of nitrogens with zero attached hydrogens (tertiary/aromatic N) is 5. The average molecular weight is 345 g/mol. The van der Waals surface area contributed by atoms with Crippen LogP contribution in [0.1, 0.15) is 5.56 Å². The standard InChI is InChI=1S/C18H15N7O/c26-18(20-9-14-6-3-5-13-4-1-2-7-15(13)14)24-16-8-17(22-11-21-16)25-12-19-10-23-25/h1-8,10-12H,9H2,(H2,20,21,22,24,26). The highest BCUT2D eigenvalue weighted by molar-refractivity contribution is 5.89. The third-order valence-corrected chi connectivity index (χ3v) is 3.87. The number of anilines is 1. The van der Waals surface area contributed by atoms with Gasteiger partial charge in [0.05, 0.1) is 0 Å². The summed E-state index contributed by atoms with van der Waals surface area (Å²) >= 11 is 0. The Labute approximate surface area is 148 Å². The van der Waals surface area contributed by atoms with Crippen molar-refractivity contribution in [3.8, 4) is 5.82 Å². The van der Waals surface area contributed by atoms with Crippen molar-refractivity contribution >= 4 is 22.6 Å². The van der Waals surface area contributed by atoms with Crippen LogP contribution in [0.4, 0.5) is 10.6 Å². The fourth-order valence-electron chi connectivity index (χ4n) is 2.65. The van der Waals surface area contributed by atoms with Gasteiger partial charge in [0.2, 0.25) is 0 Å². The first-order valence-corrected chi connectivity index (χ1v) is 7.98. The van der Waals surface area contributed by atoms with Gasteiger partial charge in [-0.05, 0) is 16.3 Å². The molecule has 8 nitrogen and oxygen atoms in total. The van der Waals surface area contributed by atoms with E-state index in [0.29, 0.717) is 18.2 Å². The monoisotopic (exact) mass is 345 g/mol. The molecule has 4 rings (SSSR count). The van der Waals surface area contributed by atoms with E-state index in [2.05, 4.69) is 30.7 Å². The van der Waals surface area contributed by atoms with Crippen molar-refractivity contribution in [2.45, 2.75) is 6.54 Å². The molecular formula is C18H15N7O. The van der Waals surface area contributed by atoms with Crippen molar-refractivity contribution in [3.05, 3.63) is 73.1 Å². The van der Waals surface area contributed by atoms with Crippen LogP contribution in [0.15, 0.2) is 67.5 Å². The Kier molecular flexibility index (Phi) is 4.21. The fraction of sp³-hybridized carbons (Fsp3) is 0.0556. The second kappa shape index (κ2) is 6.98. The molecule has 4 aromatic rings. The van der Waals surface area contributed by atoms with E-state index in [-0.39, 0.29) is 6.03 Å². The van der Waals surface area contributed by atoms with Crippen LogP contribution in [0.5, 0.6) is 0 Å². The van der Waals surface area contributed by atoms with Crippen LogP contribution in [0.3, 0.4) is 0 Å². The molecule has 2 heterocycles. The van der Waals surface area contributed by atoms with Crippen LogP contribution < -0.4 is 10.6 Å². The molecule has 0 aliphatic carbocycles. The molecule has 0 aliphatic rings. The van der Waals surface area contributed by atoms with Crippen molar-refractivity contribution in [1.29, 1.82) is 0 Å². The minimum atomic E-state index is -0.346. The first-order chi connectivity index (χ1) is 12.8. The maximum atomic E-state index is 12.2. The van der Waals surface area contributed by atoms with E-state index in [9.17, 15) is 4.79 Å². The molecule has 0 bridgehead atoms. The molecule has 0 atom stereocenters. The average Bonchev–Trinajstić information content (AvgIpc) is 3.21. The lowest BCUT2D eigenvalue weighted by molar-refractivity contribution is 0.251. The predicted octanol–water partition coefficient (Wildman–Crippen LogP) is 2.53. The predicted molar refractivity (Wildman–Crippen MR) is 96.8 cm³/mol. The number of carbonyl (C=O) groups excluding carboxylic acids is 1. The van der Waals surface area contributed by atoms with Crippen LogP contribution in [0, 0.1) is 0 Å². The van der Waals surface area contributed by atoms with E-state index in [0.717, 1.165) is 16.3 Å². The molecule has 0 fully saturated rings. The van der Waals surface area contributed by atoms with Gasteiger partial charge in [0.25, 0.3) is 0 Å². The maximum Gasteiger partial charge on any atom is 0.320 e. The number of urea groups is 1. The van der Waals surface area contributed by atoms with Gasteiger partial charge in [-0.25, -0.2) is 24.4 Å². The number of carbonyl (C=O) groups is 1. The third-order valence-electron chi connectivity index (χ3n) is 3.87. The lowest BCUT2D eigenvalue weighted by atomic mass is 10.0. The summed E-state index contributed by atoms with van der Waals surface area (Å²) in [7, 11) is 0. The second-order valence-electron chi connectivity index (χ2n) is 5.55. The Hall–Kier alpha value is -3.81. The lowest BCUT2D eigenvalue weighted by Gasteiger charge is -2.10. The summed E-state index contributed by atoms with van der Waals surface area (Å²) in [6.45, 7) is 0.411. The van der Waals surface area contributed by atoms with Gasteiger partial charge >= 0.3 is 6.03 Å².